The van der Waals surface area contributed by atoms with E-state index >= 15 is 0 Å². The molecule has 1 aromatic rings. The predicted molar refractivity (Wildman–Crippen MR) is 49.1 cm³/mol. The Balaban J connectivity index is 2.93. The van der Waals surface area contributed by atoms with Crippen molar-refractivity contribution in [3.05, 3.63) is 24.0 Å². The number of aromatic nitrogens is 1. The molecule has 1 aromatic heterocycles. The number of hydrogen-bond acceptors (Lipinski definition) is 2. The van der Waals surface area contributed by atoms with Gasteiger partial charge >= 0.3 is 6.18 Å². The first-order chi connectivity index (χ1) is 5.54. The van der Waals surface area contributed by atoms with Crippen LogP contribution >= 0.6 is 30.1 Å². The third-order valence-electron chi connectivity index (χ3n) is 1.12. The summed E-state index contributed by atoms with van der Waals surface area (Å²) < 4.78 is 35.9. The summed E-state index contributed by atoms with van der Waals surface area (Å²) in [4.78, 5) is 3.98. The van der Waals surface area contributed by atoms with Crippen LogP contribution in [0.2, 0.25) is 0 Å². The first-order valence-electron chi connectivity index (χ1n) is 2.86. The van der Waals surface area contributed by atoms with Gasteiger partial charge in [0.1, 0.15) is 5.69 Å². The minimum Gasteiger partial charge on any atom is -0.251 e. The van der Waals surface area contributed by atoms with E-state index in [-0.39, 0.29) is 0 Å². The van der Waals surface area contributed by atoms with E-state index in [1.54, 1.807) is 0 Å². The SMILES string of the molecule is FC(F)(F)c1ccc(SI)cn1. The Morgan fingerprint density at radius 2 is 2.00 bits per heavy atom. The van der Waals surface area contributed by atoms with Gasteiger partial charge in [0.25, 0.3) is 0 Å². The maximum absolute atomic E-state index is 12.0. The minimum atomic E-state index is -4.34. The molecular weight excluding hydrogens is 302 g/mol. The number of hydrogen-bond donors (Lipinski definition) is 0. The van der Waals surface area contributed by atoms with Crippen LogP contribution in [-0.2, 0) is 6.18 Å². The highest BCUT2D eigenvalue weighted by Crippen LogP contribution is 2.30. The standard InChI is InChI=1S/C6H3F3INS/c7-6(8,9)5-2-1-4(12-10)3-11-5/h1-3H. The molecule has 1 rings (SSSR count). The van der Waals surface area contributed by atoms with E-state index in [9.17, 15) is 13.2 Å². The van der Waals surface area contributed by atoms with Crippen molar-refractivity contribution in [1.29, 1.82) is 0 Å². The molecule has 0 aliphatic rings. The molecule has 0 aromatic carbocycles. The lowest BCUT2D eigenvalue weighted by Crippen LogP contribution is -2.06. The molecule has 0 radical (unpaired) electrons. The van der Waals surface area contributed by atoms with Gasteiger partial charge in [0.05, 0.1) is 0 Å². The predicted octanol–water partition coefficient (Wildman–Crippen LogP) is 3.54. The van der Waals surface area contributed by atoms with Crippen molar-refractivity contribution < 1.29 is 13.2 Å². The van der Waals surface area contributed by atoms with Crippen molar-refractivity contribution in [3.63, 3.8) is 0 Å². The van der Waals surface area contributed by atoms with Crippen LogP contribution in [0.25, 0.3) is 0 Å². The second-order valence-electron chi connectivity index (χ2n) is 1.95. The molecule has 0 unspecified atom stereocenters. The van der Waals surface area contributed by atoms with E-state index in [0.717, 1.165) is 6.07 Å². The molecule has 1 heterocycles. The largest absolute Gasteiger partial charge is 0.433 e. The van der Waals surface area contributed by atoms with Gasteiger partial charge in [-0.3, -0.25) is 4.98 Å². The van der Waals surface area contributed by atoms with Crippen molar-refractivity contribution in [3.8, 4) is 0 Å². The Morgan fingerprint density at radius 3 is 2.33 bits per heavy atom. The minimum absolute atomic E-state index is 0.712. The van der Waals surface area contributed by atoms with Crippen LogP contribution in [0.4, 0.5) is 13.2 Å². The number of halogens is 4. The van der Waals surface area contributed by atoms with Gasteiger partial charge in [0, 0.05) is 32.3 Å². The lowest BCUT2D eigenvalue weighted by molar-refractivity contribution is -0.141. The molecule has 0 bridgehead atoms. The van der Waals surface area contributed by atoms with Gasteiger partial charge in [-0.25, -0.2) is 0 Å². The van der Waals surface area contributed by atoms with Crippen molar-refractivity contribution in [2.75, 3.05) is 0 Å². The summed E-state index contributed by atoms with van der Waals surface area (Å²) in [5, 5.41) is 0. The van der Waals surface area contributed by atoms with Crippen molar-refractivity contribution in [2.45, 2.75) is 11.1 Å². The Kier molecular flexibility index (Phi) is 3.22. The van der Waals surface area contributed by atoms with Crippen molar-refractivity contribution in [2.24, 2.45) is 0 Å². The summed E-state index contributed by atoms with van der Waals surface area (Å²) in [7, 11) is 1.33. The zero-order valence-corrected chi connectivity index (χ0v) is 8.57. The molecule has 0 atom stereocenters. The number of pyridine rings is 1. The summed E-state index contributed by atoms with van der Waals surface area (Å²) in [6, 6.07) is 2.37. The van der Waals surface area contributed by atoms with Gasteiger partial charge in [0.15, 0.2) is 0 Å². The third kappa shape index (κ3) is 2.51. The molecule has 0 amide bonds. The van der Waals surface area contributed by atoms with Crippen molar-refractivity contribution >= 4 is 30.1 Å². The maximum atomic E-state index is 12.0. The molecule has 0 fully saturated rings. The normalized spacial score (nSPS) is 11.7. The molecule has 1 nitrogen and oxygen atoms in total. The molecule has 66 valence electrons. The molecule has 6 heteroatoms. The van der Waals surface area contributed by atoms with Gasteiger partial charge in [-0.15, -0.1) is 0 Å². The van der Waals surface area contributed by atoms with Crippen LogP contribution in [-0.4, -0.2) is 4.98 Å². The van der Waals surface area contributed by atoms with Crippen LogP contribution in [0.15, 0.2) is 23.2 Å². The highest BCUT2D eigenvalue weighted by atomic mass is 127. The average Bonchev–Trinajstić information content (AvgIpc) is 2.03. The zero-order chi connectivity index (χ0) is 9.19. The summed E-state index contributed by atoms with van der Waals surface area (Å²) >= 11 is 1.98. The first kappa shape index (κ1) is 10.1. The summed E-state index contributed by atoms with van der Waals surface area (Å²) in [6.07, 6.45) is -3.13. The van der Waals surface area contributed by atoms with Gasteiger partial charge in [-0.05, 0) is 12.1 Å². The molecule has 0 N–H and O–H groups in total. The lowest BCUT2D eigenvalue weighted by Gasteiger charge is -2.04. The van der Waals surface area contributed by atoms with Gasteiger partial charge in [-0.2, -0.15) is 13.2 Å². The smallest absolute Gasteiger partial charge is 0.251 e. The second kappa shape index (κ2) is 3.82. The van der Waals surface area contributed by atoms with Crippen LogP contribution in [0.1, 0.15) is 5.69 Å². The molecule has 0 aliphatic carbocycles. The molecule has 0 saturated carbocycles. The quantitative estimate of drug-likeness (QED) is 0.736. The Hall–Kier alpha value is 0.0200. The van der Waals surface area contributed by atoms with Crippen LogP contribution in [0, 0.1) is 0 Å². The Bertz CT molecular complexity index is 258. The van der Waals surface area contributed by atoms with Crippen molar-refractivity contribution in [1.82, 2.24) is 4.98 Å². The monoisotopic (exact) mass is 305 g/mol. The van der Waals surface area contributed by atoms with E-state index < -0.39 is 11.9 Å². The molecule has 0 aliphatic heterocycles. The number of rotatable bonds is 1. The first-order valence-corrected chi connectivity index (χ1v) is 6.22. The van der Waals surface area contributed by atoms with Gasteiger partial charge in [-0.1, -0.05) is 8.93 Å². The highest BCUT2D eigenvalue weighted by molar-refractivity contribution is 14.2. The average molecular weight is 305 g/mol. The van der Waals surface area contributed by atoms with Crippen LogP contribution in [0.5, 0.6) is 0 Å². The zero-order valence-electron chi connectivity index (χ0n) is 5.60. The molecular formula is C6H3F3INS. The van der Waals surface area contributed by atoms with Gasteiger partial charge in [0.2, 0.25) is 0 Å². The summed E-state index contributed by atoms with van der Waals surface area (Å²) in [5.74, 6) is 0. The number of nitrogens with zero attached hydrogens (tertiary/aromatic N) is 1. The van der Waals surface area contributed by atoms with Crippen LogP contribution in [0.3, 0.4) is 0 Å². The molecule has 0 saturated heterocycles. The fourth-order valence-corrected chi connectivity index (χ4v) is 1.59. The highest BCUT2D eigenvalue weighted by Gasteiger charge is 2.31. The molecule has 12 heavy (non-hydrogen) atoms. The topological polar surface area (TPSA) is 12.9 Å². The lowest BCUT2D eigenvalue weighted by atomic mass is 10.3. The third-order valence-corrected chi connectivity index (χ3v) is 3.06. The summed E-state index contributed by atoms with van der Waals surface area (Å²) in [6.45, 7) is 0. The van der Waals surface area contributed by atoms with E-state index in [2.05, 4.69) is 4.98 Å². The fourth-order valence-electron chi connectivity index (χ4n) is 0.594. The second-order valence-corrected chi connectivity index (χ2v) is 3.90. The Labute approximate surface area is 83.3 Å². The van der Waals surface area contributed by atoms with Gasteiger partial charge < -0.3 is 0 Å². The van der Waals surface area contributed by atoms with E-state index in [4.69, 9.17) is 0 Å². The van der Waals surface area contributed by atoms with Crippen LogP contribution < -0.4 is 0 Å². The maximum Gasteiger partial charge on any atom is 0.433 e. The number of alkyl halides is 3. The molecule has 0 spiro atoms. The van der Waals surface area contributed by atoms with E-state index in [1.807, 2.05) is 21.2 Å². The fraction of sp³-hybridized carbons (Fsp3) is 0.167. The van der Waals surface area contributed by atoms with E-state index in [0.29, 0.717) is 4.90 Å². The Morgan fingerprint density at radius 1 is 1.33 bits per heavy atom. The summed E-state index contributed by atoms with van der Waals surface area (Å²) in [5.41, 5.74) is -0.850. The van der Waals surface area contributed by atoms with E-state index in [1.165, 1.54) is 21.2 Å².